The molecule has 1 aliphatic heterocycles. The molecule has 0 atom stereocenters. The van der Waals surface area contributed by atoms with Gasteiger partial charge >= 0.3 is 0 Å². The lowest BCUT2D eigenvalue weighted by atomic mass is 9.82. The van der Waals surface area contributed by atoms with E-state index in [1.807, 2.05) is 0 Å². The van der Waals surface area contributed by atoms with Gasteiger partial charge in [-0.05, 0) is 40.3 Å². The Morgan fingerprint density at radius 2 is 2.26 bits per heavy atom. The molecular formula is C13H18BrN3O2. The second-order valence-electron chi connectivity index (χ2n) is 5.19. The number of hydrogen-bond acceptors (Lipinski definition) is 4. The first kappa shape index (κ1) is 14.3. The van der Waals surface area contributed by atoms with Crippen molar-refractivity contribution in [1.29, 1.82) is 0 Å². The number of carbonyl (C=O) groups is 1. The van der Waals surface area contributed by atoms with Crippen molar-refractivity contribution >= 4 is 27.7 Å². The molecule has 1 aromatic rings. The fraction of sp³-hybridized carbons (Fsp3) is 0.538. The molecule has 2 rings (SSSR count). The van der Waals surface area contributed by atoms with E-state index in [4.69, 9.17) is 10.5 Å². The lowest BCUT2D eigenvalue weighted by Crippen LogP contribution is -2.39. The van der Waals surface area contributed by atoms with Crippen molar-refractivity contribution in [2.75, 3.05) is 25.5 Å². The highest BCUT2D eigenvalue weighted by atomic mass is 79.9. The summed E-state index contributed by atoms with van der Waals surface area (Å²) in [6.45, 7) is 4.30. The van der Waals surface area contributed by atoms with Gasteiger partial charge < -0.3 is 15.8 Å². The normalized spacial score (nSPS) is 18.0. The number of hydrogen-bond donors (Lipinski definition) is 2. The second kappa shape index (κ2) is 5.88. The summed E-state index contributed by atoms with van der Waals surface area (Å²) < 4.78 is 6.08. The molecule has 5 nitrogen and oxygen atoms in total. The summed E-state index contributed by atoms with van der Waals surface area (Å²) in [7, 11) is 0. The largest absolute Gasteiger partial charge is 0.383 e. The van der Waals surface area contributed by atoms with Crippen LogP contribution in [0, 0.1) is 5.41 Å². The third-order valence-corrected chi connectivity index (χ3v) is 3.94. The average molecular weight is 328 g/mol. The summed E-state index contributed by atoms with van der Waals surface area (Å²) in [6.07, 6.45) is 3.49. The molecule has 0 unspecified atom stereocenters. The van der Waals surface area contributed by atoms with Crippen LogP contribution in [0.4, 0.5) is 5.82 Å². The summed E-state index contributed by atoms with van der Waals surface area (Å²) in [5.74, 6) is 0.0665. The van der Waals surface area contributed by atoms with E-state index in [9.17, 15) is 4.79 Å². The summed E-state index contributed by atoms with van der Waals surface area (Å²) in [4.78, 5) is 16.1. The molecule has 1 saturated heterocycles. The van der Waals surface area contributed by atoms with Gasteiger partial charge in [-0.2, -0.15) is 0 Å². The Morgan fingerprint density at radius 1 is 1.58 bits per heavy atom. The molecule has 1 amide bonds. The Balaban J connectivity index is 1.99. The standard InChI is InChI=1S/C13H18BrN3O2/c1-13(2-4-19-5-3-13)8-17-12(18)10-6-9(14)7-16-11(10)15/h6-7H,2-5,8H2,1H3,(H2,15,16)(H,17,18). The Kier molecular flexibility index (Phi) is 4.42. The van der Waals surface area contributed by atoms with Gasteiger partial charge in [-0.1, -0.05) is 6.92 Å². The van der Waals surface area contributed by atoms with Gasteiger partial charge in [0.1, 0.15) is 5.82 Å². The number of nitrogens with zero attached hydrogens (tertiary/aromatic N) is 1. The van der Waals surface area contributed by atoms with E-state index in [2.05, 4.69) is 33.2 Å². The Bertz CT molecular complexity index is 473. The van der Waals surface area contributed by atoms with Crippen molar-refractivity contribution in [1.82, 2.24) is 10.3 Å². The number of pyridine rings is 1. The molecule has 1 fully saturated rings. The van der Waals surface area contributed by atoms with Crippen LogP contribution in [0.3, 0.4) is 0 Å². The number of amides is 1. The minimum atomic E-state index is -0.181. The first-order valence-electron chi connectivity index (χ1n) is 6.27. The highest BCUT2D eigenvalue weighted by Gasteiger charge is 2.28. The maximum atomic E-state index is 12.1. The maximum absolute atomic E-state index is 12.1. The number of nitrogen functional groups attached to an aromatic ring is 1. The topological polar surface area (TPSA) is 77.2 Å². The Labute approximate surface area is 121 Å². The molecule has 0 saturated carbocycles. The Hall–Kier alpha value is -1.14. The summed E-state index contributed by atoms with van der Waals surface area (Å²) in [6, 6.07) is 1.68. The van der Waals surface area contributed by atoms with Crippen molar-refractivity contribution in [2.24, 2.45) is 5.41 Å². The van der Waals surface area contributed by atoms with Crippen LogP contribution in [0.5, 0.6) is 0 Å². The van der Waals surface area contributed by atoms with E-state index in [0.29, 0.717) is 12.1 Å². The minimum absolute atomic E-state index is 0.0993. The van der Waals surface area contributed by atoms with Gasteiger partial charge in [-0.25, -0.2) is 4.98 Å². The van der Waals surface area contributed by atoms with Gasteiger partial charge in [0.25, 0.3) is 5.91 Å². The number of halogens is 1. The minimum Gasteiger partial charge on any atom is -0.383 e. The zero-order valence-electron chi connectivity index (χ0n) is 10.9. The number of rotatable bonds is 3. The first-order chi connectivity index (χ1) is 9.00. The van der Waals surface area contributed by atoms with E-state index < -0.39 is 0 Å². The van der Waals surface area contributed by atoms with E-state index in [-0.39, 0.29) is 17.1 Å². The zero-order valence-corrected chi connectivity index (χ0v) is 12.5. The second-order valence-corrected chi connectivity index (χ2v) is 6.11. The number of nitrogens with two attached hydrogens (primary N) is 1. The molecular weight excluding hydrogens is 310 g/mol. The third-order valence-electron chi connectivity index (χ3n) is 3.51. The fourth-order valence-corrected chi connectivity index (χ4v) is 2.39. The van der Waals surface area contributed by atoms with Crippen LogP contribution in [0.15, 0.2) is 16.7 Å². The van der Waals surface area contributed by atoms with Crippen molar-refractivity contribution in [3.05, 3.63) is 22.3 Å². The summed E-state index contributed by atoms with van der Waals surface area (Å²) in [5, 5.41) is 2.94. The van der Waals surface area contributed by atoms with Gasteiger partial charge in [0, 0.05) is 30.4 Å². The number of nitrogens with one attached hydrogen (secondary N) is 1. The van der Waals surface area contributed by atoms with E-state index in [1.165, 1.54) is 0 Å². The van der Waals surface area contributed by atoms with Crippen LogP contribution >= 0.6 is 15.9 Å². The van der Waals surface area contributed by atoms with E-state index in [1.54, 1.807) is 12.3 Å². The Morgan fingerprint density at radius 3 is 2.95 bits per heavy atom. The van der Waals surface area contributed by atoms with Crippen molar-refractivity contribution in [3.8, 4) is 0 Å². The van der Waals surface area contributed by atoms with E-state index in [0.717, 1.165) is 30.5 Å². The van der Waals surface area contributed by atoms with Gasteiger partial charge in [0.05, 0.1) is 5.56 Å². The molecule has 0 bridgehead atoms. The predicted octanol–water partition coefficient (Wildman–Crippen LogP) is 1.97. The van der Waals surface area contributed by atoms with Gasteiger partial charge in [-0.15, -0.1) is 0 Å². The van der Waals surface area contributed by atoms with E-state index >= 15 is 0 Å². The highest BCUT2D eigenvalue weighted by molar-refractivity contribution is 9.10. The molecule has 3 N–H and O–H groups in total. The quantitative estimate of drug-likeness (QED) is 0.889. The number of anilines is 1. The van der Waals surface area contributed by atoms with Gasteiger partial charge in [-0.3, -0.25) is 4.79 Å². The molecule has 1 aliphatic rings. The lowest BCUT2D eigenvalue weighted by Gasteiger charge is -2.33. The maximum Gasteiger partial charge on any atom is 0.255 e. The smallest absolute Gasteiger partial charge is 0.255 e. The summed E-state index contributed by atoms with van der Waals surface area (Å²) >= 11 is 3.29. The molecule has 19 heavy (non-hydrogen) atoms. The molecule has 0 aromatic carbocycles. The lowest BCUT2D eigenvalue weighted by molar-refractivity contribution is 0.0238. The van der Waals surface area contributed by atoms with Crippen molar-refractivity contribution in [3.63, 3.8) is 0 Å². The van der Waals surface area contributed by atoms with Crippen LogP contribution in [-0.4, -0.2) is 30.6 Å². The molecule has 0 radical (unpaired) electrons. The van der Waals surface area contributed by atoms with Crippen LogP contribution in [0.1, 0.15) is 30.1 Å². The molecule has 0 spiro atoms. The predicted molar refractivity (Wildman–Crippen MR) is 76.8 cm³/mol. The third kappa shape index (κ3) is 3.67. The fourth-order valence-electron chi connectivity index (χ4n) is 2.06. The SMILES string of the molecule is CC1(CNC(=O)c2cc(Br)cnc2N)CCOCC1. The molecule has 6 heteroatoms. The molecule has 1 aromatic heterocycles. The van der Waals surface area contributed by atoms with Crippen LogP contribution in [0.2, 0.25) is 0 Å². The van der Waals surface area contributed by atoms with Crippen LogP contribution in [0.25, 0.3) is 0 Å². The van der Waals surface area contributed by atoms with Crippen LogP contribution < -0.4 is 11.1 Å². The number of aromatic nitrogens is 1. The number of ether oxygens (including phenoxy) is 1. The average Bonchev–Trinajstić information content (AvgIpc) is 2.40. The van der Waals surface area contributed by atoms with Crippen molar-refractivity contribution < 1.29 is 9.53 Å². The number of carbonyl (C=O) groups excluding carboxylic acids is 1. The molecule has 0 aliphatic carbocycles. The molecule has 104 valence electrons. The first-order valence-corrected chi connectivity index (χ1v) is 7.06. The van der Waals surface area contributed by atoms with Crippen LogP contribution in [-0.2, 0) is 4.74 Å². The van der Waals surface area contributed by atoms with Gasteiger partial charge in [0.2, 0.25) is 0 Å². The summed E-state index contributed by atoms with van der Waals surface area (Å²) in [5.41, 5.74) is 6.23. The highest BCUT2D eigenvalue weighted by Crippen LogP contribution is 2.28. The van der Waals surface area contributed by atoms with Crippen molar-refractivity contribution in [2.45, 2.75) is 19.8 Å². The monoisotopic (exact) mass is 327 g/mol. The zero-order chi connectivity index (χ0) is 13.9. The molecule has 2 heterocycles. The van der Waals surface area contributed by atoms with Gasteiger partial charge in [0.15, 0.2) is 0 Å².